The minimum atomic E-state index is -0.111. The molecule has 1 aromatic heterocycles. The summed E-state index contributed by atoms with van der Waals surface area (Å²) < 4.78 is 5.52. The molecule has 0 unspecified atom stereocenters. The third kappa shape index (κ3) is 3.92. The molecule has 0 bridgehead atoms. The first kappa shape index (κ1) is 13.8. The zero-order valence-electron chi connectivity index (χ0n) is 11.6. The van der Waals surface area contributed by atoms with Gasteiger partial charge in [0.1, 0.15) is 0 Å². The van der Waals surface area contributed by atoms with E-state index in [1.54, 1.807) is 18.0 Å². The Bertz CT molecular complexity index is 458. The van der Waals surface area contributed by atoms with Crippen molar-refractivity contribution in [1.29, 1.82) is 0 Å². The minimum Gasteiger partial charge on any atom is -0.398 e. The number of nitrogens with two attached hydrogens (primary N) is 1. The molecular weight excluding hydrogens is 242 g/mol. The van der Waals surface area contributed by atoms with Crippen LogP contribution in [0.2, 0.25) is 0 Å². The molecular formula is C14H21N3O2. The molecule has 0 atom stereocenters. The van der Waals surface area contributed by atoms with E-state index in [1.807, 2.05) is 6.92 Å². The number of nitrogen functional groups attached to an aromatic ring is 1. The Balaban J connectivity index is 1.83. The van der Waals surface area contributed by atoms with E-state index < -0.39 is 0 Å². The normalized spacial score (nSPS) is 14.4. The van der Waals surface area contributed by atoms with Crippen molar-refractivity contribution in [2.24, 2.45) is 5.92 Å². The van der Waals surface area contributed by atoms with Gasteiger partial charge in [0.2, 0.25) is 0 Å². The van der Waals surface area contributed by atoms with Gasteiger partial charge in [0, 0.05) is 37.8 Å². The van der Waals surface area contributed by atoms with Crippen LogP contribution in [0.15, 0.2) is 12.3 Å². The number of nitrogens with zero attached hydrogens (tertiary/aromatic N) is 2. The number of likely N-dealkylation sites (N-methyl/N-ethyl adjacent to an activating group) is 1. The summed E-state index contributed by atoms with van der Waals surface area (Å²) in [7, 11) is 1.75. The second-order valence-corrected chi connectivity index (χ2v) is 5.16. The number of rotatable bonds is 6. The highest BCUT2D eigenvalue weighted by molar-refractivity contribution is 5.98. The number of anilines is 1. The molecule has 19 heavy (non-hydrogen) atoms. The lowest BCUT2D eigenvalue weighted by molar-refractivity contribution is 0.0681. The van der Waals surface area contributed by atoms with E-state index >= 15 is 0 Å². The maximum Gasteiger partial charge on any atom is 0.257 e. The molecule has 5 nitrogen and oxygen atoms in total. The van der Waals surface area contributed by atoms with Crippen LogP contribution in [0.5, 0.6) is 0 Å². The molecule has 0 aromatic carbocycles. The summed E-state index contributed by atoms with van der Waals surface area (Å²) in [5.74, 6) is 0.637. The quantitative estimate of drug-likeness (QED) is 0.789. The highest BCUT2D eigenvalue weighted by atomic mass is 16.5. The first-order valence-electron chi connectivity index (χ1n) is 6.63. The summed E-state index contributed by atoms with van der Waals surface area (Å²) in [6, 6.07) is 1.71. The van der Waals surface area contributed by atoms with Crippen molar-refractivity contribution in [3.05, 3.63) is 23.5 Å². The first-order valence-corrected chi connectivity index (χ1v) is 6.63. The number of hydrogen-bond donors (Lipinski definition) is 1. The standard InChI is InChI=1S/C14H21N3O2/c1-10-7-13(15)12(8-16-10)14(18)17(2)5-6-19-9-11-3-4-11/h7-8,11H,3-6,9H2,1-2H3,(H2,15,16). The molecule has 1 saturated carbocycles. The van der Waals surface area contributed by atoms with Crippen LogP contribution in [0, 0.1) is 12.8 Å². The predicted octanol–water partition coefficient (Wildman–Crippen LogP) is 1.47. The Labute approximate surface area is 113 Å². The van der Waals surface area contributed by atoms with Gasteiger partial charge in [-0.25, -0.2) is 0 Å². The van der Waals surface area contributed by atoms with Crippen molar-refractivity contribution >= 4 is 11.6 Å². The summed E-state index contributed by atoms with van der Waals surface area (Å²) in [6.07, 6.45) is 4.09. The maximum atomic E-state index is 12.2. The lowest BCUT2D eigenvalue weighted by atomic mass is 10.2. The monoisotopic (exact) mass is 263 g/mol. The lowest BCUT2D eigenvalue weighted by Gasteiger charge is -2.18. The molecule has 1 aliphatic rings. The number of aromatic nitrogens is 1. The molecule has 1 aromatic rings. The van der Waals surface area contributed by atoms with Crippen LogP contribution in [0.4, 0.5) is 5.69 Å². The van der Waals surface area contributed by atoms with Crippen LogP contribution in [0.3, 0.4) is 0 Å². The highest BCUT2D eigenvalue weighted by Gasteiger charge is 2.21. The van der Waals surface area contributed by atoms with E-state index in [-0.39, 0.29) is 5.91 Å². The average molecular weight is 263 g/mol. The van der Waals surface area contributed by atoms with Gasteiger partial charge in [0.15, 0.2) is 0 Å². The molecule has 0 spiro atoms. The van der Waals surface area contributed by atoms with Crippen molar-refractivity contribution in [1.82, 2.24) is 9.88 Å². The van der Waals surface area contributed by atoms with E-state index in [4.69, 9.17) is 10.5 Å². The summed E-state index contributed by atoms with van der Waals surface area (Å²) in [5.41, 5.74) is 7.58. The second-order valence-electron chi connectivity index (χ2n) is 5.16. The van der Waals surface area contributed by atoms with Gasteiger partial charge in [0.05, 0.1) is 12.2 Å². The Morgan fingerprint density at radius 2 is 2.32 bits per heavy atom. The summed E-state index contributed by atoms with van der Waals surface area (Å²) in [6.45, 7) is 3.80. The van der Waals surface area contributed by atoms with Crippen molar-refractivity contribution in [2.75, 3.05) is 32.5 Å². The number of aryl methyl sites for hydroxylation is 1. The number of amides is 1. The van der Waals surface area contributed by atoms with Gasteiger partial charge in [-0.2, -0.15) is 0 Å². The van der Waals surface area contributed by atoms with Crippen molar-refractivity contribution in [3.63, 3.8) is 0 Å². The fourth-order valence-electron chi connectivity index (χ4n) is 1.80. The average Bonchev–Trinajstić information content (AvgIpc) is 3.17. The van der Waals surface area contributed by atoms with E-state index in [0.29, 0.717) is 24.4 Å². The molecule has 104 valence electrons. The van der Waals surface area contributed by atoms with E-state index in [0.717, 1.165) is 18.2 Å². The fraction of sp³-hybridized carbons (Fsp3) is 0.571. The number of pyridine rings is 1. The molecule has 1 heterocycles. The van der Waals surface area contributed by atoms with Gasteiger partial charge in [-0.05, 0) is 31.7 Å². The number of hydrogen-bond acceptors (Lipinski definition) is 4. The zero-order valence-corrected chi connectivity index (χ0v) is 11.6. The van der Waals surface area contributed by atoms with Crippen LogP contribution in [-0.2, 0) is 4.74 Å². The van der Waals surface area contributed by atoms with Gasteiger partial charge >= 0.3 is 0 Å². The van der Waals surface area contributed by atoms with Crippen LogP contribution < -0.4 is 5.73 Å². The fourth-order valence-corrected chi connectivity index (χ4v) is 1.80. The largest absolute Gasteiger partial charge is 0.398 e. The van der Waals surface area contributed by atoms with Crippen LogP contribution >= 0.6 is 0 Å². The summed E-state index contributed by atoms with van der Waals surface area (Å²) in [4.78, 5) is 17.9. The molecule has 5 heteroatoms. The number of carbonyl (C=O) groups is 1. The first-order chi connectivity index (χ1) is 9.08. The molecule has 0 aliphatic heterocycles. The van der Waals surface area contributed by atoms with Gasteiger partial charge in [-0.3, -0.25) is 9.78 Å². The molecule has 0 radical (unpaired) electrons. The molecule has 2 N–H and O–H groups in total. The Hall–Kier alpha value is -1.62. The van der Waals surface area contributed by atoms with Crippen molar-refractivity contribution in [3.8, 4) is 0 Å². The van der Waals surface area contributed by atoms with Gasteiger partial charge in [0.25, 0.3) is 5.91 Å². The van der Waals surface area contributed by atoms with Gasteiger partial charge in [-0.1, -0.05) is 0 Å². The Kier molecular flexibility index (Phi) is 4.37. The number of carbonyl (C=O) groups excluding carboxylic acids is 1. The van der Waals surface area contributed by atoms with Gasteiger partial charge < -0.3 is 15.4 Å². The Morgan fingerprint density at radius 1 is 1.58 bits per heavy atom. The third-order valence-corrected chi connectivity index (χ3v) is 3.27. The lowest BCUT2D eigenvalue weighted by Crippen LogP contribution is -2.31. The molecule has 1 amide bonds. The maximum absolute atomic E-state index is 12.2. The SMILES string of the molecule is Cc1cc(N)c(C(=O)N(C)CCOCC2CC2)cn1. The third-order valence-electron chi connectivity index (χ3n) is 3.27. The summed E-state index contributed by atoms with van der Waals surface area (Å²) >= 11 is 0. The molecule has 1 aliphatic carbocycles. The molecule has 1 fully saturated rings. The number of ether oxygens (including phenoxy) is 1. The van der Waals surface area contributed by atoms with E-state index in [2.05, 4.69) is 4.98 Å². The predicted molar refractivity (Wildman–Crippen MR) is 73.9 cm³/mol. The van der Waals surface area contributed by atoms with Crippen LogP contribution in [-0.4, -0.2) is 42.6 Å². The van der Waals surface area contributed by atoms with Crippen LogP contribution in [0.25, 0.3) is 0 Å². The molecule has 2 rings (SSSR count). The minimum absolute atomic E-state index is 0.111. The van der Waals surface area contributed by atoms with E-state index in [1.165, 1.54) is 19.0 Å². The van der Waals surface area contributed by atoms with Crippen molar-refractivity contribution in [2.45, 2.75) is 19.8 Å². The molecule has 0 saturated heterocycles. The van der Waals surface area contributed by atoms with Gasteiger partial charge in [-0.15, -0.1) is 0 Å². The smallest absolute Gasteiger partial charge is 0.257 e. The van der Waals surface area contributed by atoms with Crippen LogP contribution in [0.1, 0.15) is 28.9 Å². The van der Waals surface area contributed by atoms with E-state index in [9.17, 15) is 4.79 Å². The van der Waals surface area contributed by atoms with Crippen molar-refractivity contribution < 1.29 is 9.53 Å². The topological polar surface area (TPSA) is 68.5 Å². The highest BCUT2D eigenvalue weighted by Crippen LogP contribution is 2.28. The zero-order chi connectivity index (χ0) is 13.8. The second kappa shape index (κ2) is 6.02. The summed E-state index contributed by atoms with van der Waals surface area (Å²) in [5, 5.41) is 0. The Morgan fingerprint density at radius 3 is 2.95 bits per heavy atom.